The van der Waals surface area contributed by atoms with E-state index in [1.807, 2.05) is 30.3 Å². The van der Waals surface area contributed by atoms with Gasteiger partial charge in [-0.15, -0.1) is 0 Å². The van der Waals surface area contributed by atoms with Crippen LogP contribution in [0.15, 0.2) is 48.5 Å². The van der Waals surface area contributed by atoms with Gasteiger partial charge in [0, 0.05) is 31.8 Å². The fraction of sp³-hybridized carbons (Fsp3) is 0.435. The van der Waals surface area contributed by atoms with Gasteiger partial charge >= 0.3 is 12.4 Å². The molecule has 9 heteroatoms. The first-order chi connectivity index (χ1) is 14.9. The highest BCUT2D eigenvalue weighted by Gasteiger charge is 2.38. The Balaban J connectivity index is 1.80. The van der Waals surface area contributed by atoms with Gasteiger partial charge in [-0.2, -0.15) is 26.3 Å². The summed E-state index contributed by atoms with van der Waals surface area (Å²) >= 11 is 0. The molecule has 0 radical (unpaired) electrons. The fourth-order valence-corrected chi connectivity index (χ4v) is 3.95. The molecule has 1 unspecified atom stereocenters. The van der Waals surface area contributed by atoms with Crippen molar-refractivity contribution in [3.63, 3.8) is 0 Å². The van der Waals surface area contributed by atoms with Crippen LogP contribution in [0.5, 0.6) is 0 Å². The third-order valence-corrected chi connectivity index (χ3v) is 5.75. The Morgan fingerprint density at radius 3 is 2.06 bits per heavy atom. The molecule has 3 nitrogen and oxygen atoms in total. The van der Waals surface area contributed by atoms with Gasteiger partial charge in [-0.3, -0.25) is 4.79 Å². The van der Waals surface area contributed by atoms with Crippen molar-refractivity contribution < 1.29 is 35.9 Å². The van der Waals surface area contributed by atoms with E-state index in [1.165, 1.54) is 13.8 Å². The minimum atomic E-state index is -4.92. The van der Waals surface area contributed by atoms with Crippen LogP contribution in [0.3, 0.4) is 0 Å². The van der Waals surface area contributed by atoms with E-state index in [2.05, 4.69) is 0 Å². The molecule has 0 aromatic heterocycles. The molecular formula is C23H23F6NO2. The van der Waals surface area contributed by atoms with E-state index in [0.29, 0.717) is 25.2 Å². The van der Waals surface area contributed by atoms with Crippen molar-refractivity contribution in [3.8, 4) is 0 Å². The van der Waals surface area contributed by atoms with E-state index in [1.54, 1.807) is 4.90 Å². The monoisotopic (exact) mass is 459 g/mol. The molecule has 3 atom stereocenters. The molecule has 0 bridgehead atoms. The Morgan fingerprint density at radius 2 is 1.56 bits per heavy atom. The molecule has 3 rings (SSSR count). The van der Waals surface area contributed by atoms with Crippen LogP contribution in [0.2, 0.25) is 0 Å². The van der Waals surface area contributed by atoms with E-state index in [9.17, 15) is 31.1 Å². The largest absolute Gasteiger partial charge is 0.416 e. The summed E-state index contributed by atoms with van der Waals surface area (Å²) in [6.07, 6.45) is -10.8. The molecule has 1 saturated heterocycles. The maximum absolute atomic E-state index is 13.1. The number of benzene rings is 2. The second-order valence-electron chi connectivity index (χ2n) is 8.02. The smallest absolute Gasteiger partial charge is 0.373 e. The molecule has 1 heterocycles. The second kappa shape index (κ2) is 9.13. The van der Waals surface area contributed by atoms with Gasteiger partial charge in [-0.05, 0) is 36.2 Å². The van der Waals surface area contributed by atoms with Crippen molar-refractivity contribution >= 4 is 5.91 Å². The second-order valence-corrected chi connectivity index (χ2v) is 8.02. The standard InChI is InChI=1S/C23H23F6NO2/c1-14(17-8-19(22(24,25)26)10-20(9-17)23(27,28)29)32-13-18-11-30(15(2)31)12-21(18)16-6-4-3-5-7-16/h3-10,14,18,21H,11-13H2,1-2H3/t14-,18+,21?/m1/s1. The number of alkyl halides is 6. The Labute approximate surface area is 182 Å². The zero-order chi connectivity index (χ0) is 23.7. The van der Waals surface area contributed by atoms with Gasteiger partial charge in [0.15, 0.2) is 0 Å². The first-order valence-electron chi connectivity index (χ1n) is 10.1. The highest BCUT2D eigenvalue weighted by molar-refractivity contribution is 5.73. The van der Waals surface area contributed by atoms with E-state index in [0.717, 1.165) is 5.56 Å². The summed E-state index contributed by atoms with van der Waals surface area (Å²) in [7, 11) is 0. The molecule has 1 amide bonds. The summed E-state index contributed by atoms with van der Waals surface area (Å²) < 4.78 is 84.6. The maximum Gasteiger partial charge on any atom is 0.416 e. The maximum atomic E-state index is 13.1. The quantitative estimate of drug-likeness (QED) is 0.509. The van der Waals surface area contributed by atoms with Gasteiger partial charge in [0.25, 0.3) is 0 Å². The average molecular weight is 459 g/mol. The minimum Gasteiger partial charge on any atom is -0.373 e. The lowest BCUT2D eigenvalue weighted by Gasteiger charge is -2.22. The number of nitrogens with zero attached hydrogens (tertiary/aromatic N) is 1. The van der Waals surface area contributed by atoms with Crippen LogP contribution in [0.4, 0.5) is 26.3 Å². The number of halogens is 6. The van der Waals surface area contributed by atoms with Crippen molar-refractivity contribution in [2.45, 2.75) is 38.2 Å². The first kappa shape index (κ1) is 24.1. The molecule has 1 aliphatic heterocycles. The number of hydrogen-bond donors (Lipinski definition) is 0. The lowest BCUT2D eigenvalue weighted by Crippen LogP contribution is -2.26. The van der Waals surface area contributed by atoms with Gasteiger partial charge in [0.1, 0.15) is 0 Å². The average Bonchev–Trinajstić information content (AvgIpc) is 3.15. The Kier molecular flexibility index (Phi) is 6.88. The SMILES string of the molecule is CC(=O)N1CC(c2ccccc2)[C@H](CO[C@H](C)c2cc(C(F)(F)F)cc(C(F)(F)F)c2)C1. The number of carbonyl (C=O) groups is 1. The number of amides is 1. The molecule has 2 aromatic carbocycles. The molecular weight excluding hydrogens is 436 g/mol. The van der Waals surface area contributed by atoms with Crippen LogP contribution in [0.25, 0.3) is 0 Å². The van der Waals surface area contributed by atoms with Gasteiger partial charge in [0.2, 0.25) is 5.91 Å². The van der Waals surface area contributed by atoms with E-state index in [4.69, 9.17) is 4.74 Å². The molecule has 0 spiro atoms. The van der Waals surface area contributed by atoms with Crippen LogP contribution in [0.1, 0.15) is 48.1 Å². The number of hydrogen-bond acceptors (Lipinski definition) is 2. The van der Waals surface area contributed by atoms with E-state index in [-0.39, 0.29) is 36.0 Å². The summed E-state index contributed by atoms with van der Waals surface area (Å²) in [5, 5.41) is 0. The topological polar surface area (TPSA) is 29.5 Å². The van der Waals surface area contributed by atoms with Crippen molar-refractivity contribution in [2.75, 3.05) is 19.7 Å². The summed E-state index contributed by atoms with van der Waals surface area (Å²) in [4.78, 5) is 13.5. The lowest BCUT2D eigenvalue weighted by atomic mass is 9.89. The van der Waals surface area contributed by atoms with Gasteiger partial charge < -0.3 is 9.64 Å². The number of ether oxygens (including phenoxy) is 1. The van der Waals surface area contributed by atoms with Crippen molar-refractivity contribution in [3.05, 3.63) is 70.8 Å². The molecule has 2 aromatic rings. The third-order valence-electron chi connectivity index (χ3n) is 5.75. The van der Waals surface area contributed by atoms with Crippen LogP contribution in [0, 0.1) is 5.92 Å². The summed E-state index contributed by atoms with van der Waals surface area (Å²) in [5.74, 6) is -0.287. The van der Waals surface area contributed by atoms with Gasteiger partial charge in [-0.25, -0.2) is 0 Å². The lowest BCUT2D eigenvalue weighted by molar-refractivity contribution is -0.143. The van der Waals surface area contributed by atoms with Gasteiger partial charge in [-0.1, -0.05) is 30.3 Å². The van der Waals surface area contributed by atoms with Crippen molar-refractivity contribution in [2.24, 2.45) is 5.92 Å². The fourth-order valence-electron chi connectivity index (χ4n) is 3.95. The third kappa shape index (κ3) is 5.62. The molecule has 0 N–H and O–H groups in total. The summed E-state index contributed by atoms with van der Waals surface area (Å²) in [5.41, 5.74) is -1.95. The Morgan fingerprint density at radius 1 is 1.00 bits per heavy atom. The number of rotatable bonds is 5. The molecule has 0 saturated carbocycles. The Bertz CT molecular complexity index is 909. The van der Waals surface area contributed by atoms with E-state index >= 15 is 0 Å². The van der Waals surface area contributed by atoms with E-state index < -0.39 is 29.6 Å². The van der Waals surface area contributed by atoms with Crippen LogP contribution >= 0.6 is 0 Å². The van der Waals surface area contributed by atoms with Gasteiger partial charge in [0.05, 0.1) is 23.8 Å². The van der Waals surface area contributed by atoms with Crippen LogP contribution in [-0.2, 0) is 21.9 Å². The predicted molar refractivity (Wildman–Crippen MR) is 106 cm³/mol. The number of likely N-dealkylation sites (tertiary alicyclic amines) is 1. The normalized spacial score (nSPS) is 20.4. The summed E-state index contributed by atoms with van der Waals surface area (Å²) in [6, 6.07) is 10.9. The van der Waals surface area contributed by atoms with Crippen LogP contribution in [-0.4, -0.2) is 30.5 Å². The highest BCUT2D eigenvalue weighted by Crippen LogP contribution is 2.39. The van der Waals surface area contributed by atoms with Crippen LogP contribution < -0.4 is 0 Å². The predicted octanol–water partition coefficient (Wildman–Crippen LogP) is 6.06. The molecule has 0 aliphatic carbocycles. The summed E-state index contributed by atoms with van der Waals surface area (Å²) in [6.45, 7) is 3.84. The zero-order valence-electron chi connectivity index (χ0n) is 17.5. The van der Waals surface area contributed by atoms with Crippen molar-refractivity contribution in [1.82, 2.24) is 4.90 Å². The number of carbonyl (C=O) groups excluding carboxylic acids is 1. The highest BCUT2D eigenvalue weighted by atomic mass is 19.4. The molecule has 174 valence electrons. The zero-order valence-corrected chi connectivity index (χ0v) is 17.5. The molecule has 32 heavy (non-hydrogen) atoms. The molecule has 1 aliphatic rings. The minimum absolute atomic E-state index is 0.0421. The molecule has 1 fully saturated rings. The Hall–Kier alpha value is -2.55. The first-order valence-corrected chi connectivity index (χ1v) is 10.1. The van der Waals surface area contributed by atoms with Crippen molar-refractivity contribution in [1.29, 1.82) is 0 Å².